The monoisotopic (exact) mass is 664 g/mol. The highest BCUT2D eigenvalue weighted by atomic mass is 16.3. The fourth-order valence-electron chi connectivity index (χ4n) is 8.73. The largest absolute Gasteiger partial charge is 0.456 e. The molecule has 0 radical (unpaired) electrons. The molecule has 0 saturated heterocycles. The third-order valence-electron chi connectivity index (χ3n) is 10.9. The van der Waals surface area contributed by atoms with E-state index in [9.17, 15) is 0 Å². The minimum absolute atomic E-state index is 0.889. The normalized spacial score (nSPS) is 12.2. The number of nitrogens with zero attached hydrogens (tertiary/aromatic N) is 2. The maximum atomic E-state index is 6.27. The second kappa shape index (κ2) is 10.3. The molecule has 0 saturated carbocycles. The maximum absolute atomic E-state index is 6.27. The van der Waals surface area contributed by atoms with Crippen molar-refractivity contribution in [3.63, 3.8) is 0 Å². The molecule has 4 aromatic heterocycles. The van der Waals surface area contributed by atoms with Crippen molar-refractivity contribution in [2.45, 2.75) is 0 Å². The van der Waals surface area contributed by atoms with Gasteiger partial charge in [-0.25, -0.2) is 0 Å². The Hall–Kier alpha value is -7.04. The van der Waals surface area contributed by atoms with Gasteiger partial charge in [-0.2, -0.15) is 0 Å². The van der Waals surface area contributed by atoms with Gasteiger partial charge < -0.3 is 18.0 Å². The fourth-order valence-corrected chi connectivity index (χ4v) is 8.73. The average Bonchev–Trinajstić information content (AvgIpc) is 3.95. The van der Waals surface area contributed by atoms with E-state index in [1.165, 1.54) is 38.1 Å². The van der Waals surface area contributed by atoms with Crippen LogP contribution < -0.4 is 0 Å². The van der Waals surface area contributed by atoms with E-state index in [0.717, 1.165) is 71.8 Å². The van der Waals surface area contributed by atoms with Gasteiger partial charge in [-0.1, -0.05) is 91.0 Å². The molecule has 52 heavy (non-hydrogen) atoms. The Bertz CT molecular complexity index is 3410. The van der Waals surface area contributed by atoms with Gasteiger partial charge in [-0.05, 0) is 90.0 Å². The summed E-state index contributed by atoms with van der Waals surface area (Å²) in [5.74, 6) is 0. The number of hydrogen-bond donors (Lipinski definition) is 0. The first-order chi connectivity index (χ1) is 25.8. The zero-order valence-corrected chi connectivity index (χ0v) is 27.9. The molecule has 12 aromatic rings. The van der Waals surface area contributed by atoms with Crippen LogP contribution in [0.25, 0.3) is 110 Å². The molecule has 0 fully saturated rings. The second-order valence-electron chi connectivity index (χ2n) is 13.7. The third kappa shape index (κ3) is 3.70. The molecule has 0 unspecified atom stereocenters. The standard InChI is InChI=1S/C48H28N2O2/c1-2-11-30(12-3-1)49-38-17-7-4-15-35(38)47-40(49)23-24-41-48(47)46-32(29-21-25-44-36(27-29)33-13-5-8-19-42(33)51-44)16-10-18-39(46)50(41)31-22-26-45-37(28-31)34-14-6-9-20-43(34)52-45/h1-28H. The van der Waals surface area contributed by atoms with Crippen molar-refractivity contribution < 1.29 is 8.83 Å². The Labute approximate surface area is 296 Å². The summed E-state index contributed by atoms with van der Waals surface area (Å²) in [6.07, 6.45) is 0. The first kappa shape index (κ1) is 27.7. The molecular formula is C48H28N2O2. The highest BCUT2D eigenvalue weighted by molar-refractivity contribution is 6.31. The molecule has 0 aliphatic carbocycles. The molecule has 4 nitrogen and oxygen atoms in total. The van der Waals surface area contributed by atoms with Crippen molar-refractivity contribution >= 4 is 87.5 Å². The molecular weight excluding hydrogens is 637 g/mol. The average molecular weight is 665 g/mol. The molecule has 8 aromatic carbocycles. The van der Waals surface area contributed by atoms with Gasteiger partial charge in [0.25, 0.3) is 0 Å². The lowest BCUT2D eigenvalue weighted by molar-refractivity contribution is 0.668. The Morgan fingerprint density at radius 2 is 0.865 bits per heavy atom. The number of aromatic nitrogens is 2. The molecule has 242 valence electrons. The van der Waals surface area contributed by atoms with Crippen LogP contribution in [0.2, 0.25) is 0 Å². The minimum atomic E-state index is 0.889. The van der Waals surface area contributed by atoms with Gasteiger partial charge in [-0.3, -0.25) is 0 Å². The zero-order valence-electron chi connectivity index (χ0n) is 27.9. The number of hydrogen-bond acceptors (Lipinski definition) is 2. The summed E-state index contributed by atoms with van der Waals surface area (Å²) in [5, 5.41) is 9.42. The quantitative estimate of drug-likeness (QED) is 0.188. The van der Waals surface area contributed by atoms with E-state index in [0.29, 0.717) is 0 Å². The molecule has 0 N–H and O–H groups in total. The van der Waals surface area contributed by atoms with Crippen LogP contribution in [0.1, 0.15) is 0 Å². The third-order valence-corrected chi connectivity index (χ3v) is 10.9. The van der Waals surface area contributed by atoms with Crippen LogP contribution in [0.4, 0.5) is 0 Å². The number of fused-ring (bicyclic) bond motifs is 13. The molecule has 0 aliphatic heterocycles. The molecule has 0 atom stereocenters. The Balaban J connectivity index is 1.26. The van der Waals surface area contributed by atoms with Gasteiger partial charge in [0.05, 0.1) is 22.1 Å². The van der Waals surface area contributed by atoms with Crippen molar-refractivity contribution in [2.24, 2.45) is 0 Å². The lowest BCUT2D eigenvalue weighted by Gasteiger charge is -2.09. The number of benzene rings is 8. The van der Waals surface area contributed by atoms with E-state index in [4.69, 9.17) is 8.83 Å². The molecule has 4 heterocycles. The van der Waals surface area contributed by atoms with E-state index < -0.39 is 0 Å². The number of para-hydroxylation sites is 4. The van der Waals surface area contributed by atoms with Crippen molar-refractivity contribution in [2.75, 3.05) is 0 Å². The van der Waals surface area contributed by atoms with Crippen LogP contribution in [0.15, 0.2) is 179 Å². The van der Waals surface area contributed by atoms with Gasteiger partial charge in [0.15, 0.2) is 0 Å². The fraction of sp³-hybridized carbons (Fsp3) is 0. The van der Waals surface area contributed by atoms with Crippen molar-refractivity contribution in [3.8, 4) is 22.5 Å². The van der Waals surface area contributed by atoms with Gasteiger partial charge in [0.2, 0.25) is 0 Å². The van der Waals surface area contributed by atoms with Gasteiger partial charge >= 0.3 is 0 Å². The predicted molar refractivity (Wildman–Crippen MR) is 215 cm³/mol. The summed E-state index contributed by atoms with van der Waals surface area (Å²) in [7, 11) is 0. The minimum Gasteiger partial charge on any atom is -0.456 e. The molecule has 0 bridgehead atoms. The lowest BCUT2D eigenvalue weighted by Crippen LogP contribution is -1.94. The van der Waals surface area contributed by atoms with Gasteiger partial charge in [0.1, 0.15) is 22.3 Å². The molecule has 0 spiro atoms. The molecule has 0 amide bonds. The Kier molecular flexibility index (Phi) is 5.47. The first-order valence-electron chi connectivity index (χ1n) is 17.7. The van der Waals surface area contributed by atoms with E-state index >= 15 is 0 Å². The van der Waals surface area contributed by atoms with Gasteiger partial charge in [0, 0.05) is 54.5 Å². The van der Waals surface area contributed by atoms with Crippen LogP contribution in [-0.4, -0.2) is 9.13 Å². The van der Waals surface area contributed by atoms with E-state index in [2.05, 4.69) is 155 Å². The maximum Gasteiger partial charge on any atom is 0.135 e. The van der Waals surface area contributed by atoms with Crippen LogP contribution in [-0.2, 0) is 0 Å². The summed E-state index contributed by atoms with van der Waals surface area (Å²) < 4.78 is 17.4. The topological polar surface area (TPSA) is 36.1 Å². The molecule has 0 aliphatic rings. The summed E-state index contributed by atoms with van der Waals surface area (Å²) in [6.45, 7) is 0. The lowest BCUT2D eigenvalue weighted by atomic mass is 9.96. The first-order valence-corrected chi connectivity index (χ1v) is 17.7. The molecule has 4 heteroatoms. The summed E-state index contributed by atoms with van der Waals surface area (Å²) in [4.78, 5) is 0. The summed E-state index contributed by atoms with van der Waals surface area (Å²) in [5.41, 5.74) is 12.9. The van der Waals surface area contributed by atoms with E-state index in [1.54, 1.807) is 0 Å². The number of furan rings is 2. The van der Waals surface area contributed by atoms with Crippen LogP contribution in [0.3, 0.4) is 0 Å². The summed E-state index contributed by atoms with van der Waals surface area (Å²) in [6, 6.07) is 60.7. The SMILES string of the molecule is c1ccc(-n2c3ccccc3c3c4c5c(-c6ccc7oc8ccccc8c7c6)cccc5n(-c5ccc6oc7ccccc7c6c5)c4ccc32)cc1. The number of rotatable bonds is 3. The van der Waals surface area contributed by atoms with Crippen LogP contribution in [0.5, 0.6) is 0 Å². The summed E-state index contributed by atoms with van der Waals surface area (Å²) >= 11 is 0. The molecule has 12 rings (SSSR count). The predicted octanol–water partition coefficient (Wildman–Crippen LogP) is 13.3. The highest BCUT2D eigenvalue weighted by Crippen LogP contribution is 2.46. The van der Waals surface area contributed by atoms with Crippen LogP contribution >= 0.6 is 0 Å². The Morgan fingerprint density at radius 1 is 0.308 bits per heavy atom. The van der Waals surface area contributed by atoms with Crippen LogP contribution in [0, 0.1) is 0 Å². The second-order valence-corrected chi connectivity index (χ2v) is 13.7. The van der Waals surface area contributed by atoms with Crippen molar-refractivity contribution in [1.29, 1.82) is 0 Å². The van der Waals surface area contributed by atoms with E-state index in [-0.39, 0.29) is 0 Å². The van der Waals surface area contributed by atoms with Crippen molar-refractivity contribution in [1.82, 2.24) is 9.13 Å². The van der Waals surface area contributed by atoms with Gasteiger partial charge in [-0.15, -0.1) is 0 Å². The van der Waals surface area contributed by atoms with Crippen molar-refractivity contribution in [3.05, 3.63) is 170 Å². The highest BCUT2D eigenvalue weighted by Gasteiger charge is 2.23. The smallest absolute Gasteiger partial charge is 0.135 e. The zero-order chi connectivity index (χ0) is 33.9. The van der Waals surface area contributed by atoms with E-state index in [1.807, 2.05) is 24.3 Å². The Morgan fingerprint density at radius 3 is 1.63 bits per heavy atom.